The molecule has 0 bridgehead atoms. The summed E-state index contributed by atoms with van der Waals surface area (Å²) in [6.07, 6.45) is 4.21. The number of hydrogen-bond acceptors (Lipinski definition) is 1. The van der Waals surface area contributed by atoms with Gasteiger partial charge in [0.05, 0.1) is 5.52 Å². The van der Waals surface area contributed by atoms with E-state index in [1.165, 1.54) is 16.5 Å². The summed E-state index contributed by atoms with van der Waals surface area (Å²) in [5.74, 6) is 1.07. The minimum atomic E-state index is 1.07. The first-order valence-corrected chi connectivity index (χ1v) is 6.25. The number of rotatable bonds is 2. The zero-order valence-electron chi connectivity index (χ0n) is 7.30. The highest BCUT2D eigenvalue weighted by Crippen LogP contribution is 2.27. The monoisotopic (exact) mass is 255 g/mol. The molecule has 68 valence electrons. The minimum absolute atomic E-state index is 1.07. The molecule has 0 fully saturated rings. The Balaban J connectivity index is 2.61. The normalized spacial score (nSPS) is 10.9. The Morgan fingerprint density at radius 3 is 3.08 bits per heavy atom. The van der Waals surface area contributed by atoms with Crippen molar-refractivity contribution in [1.82, 2.24) is 4.98 Å². The molecule has 0 aliphatic rings. The van der Waals surface area contributed by atoms with E-state index in [0.717, 1.165) is 10.2 Å². The molecule has 0 radical (unpaired) electrons. The fourth-order valence-electron chi connectivity index (χ4n) is 1.45. The number of hydrogen-bond donors (Lipinski definition) is 1. The van der Waals surface area contributed by atoms with Crippen molar-refractivity contribution in [2.45, 2.75) is 5.75 Å². The van der Waals surface area contributed by atoms with Gasteiger partial charge in [-0.1, -0.05) is 12.1 Å². The second-order valence-corrected chi connectivity index (χ2v) is 4.63. The van der Waals surface area contributed by atoms with Crippen molar-refractivity contribution < 1.29 is 0 Å². The van der Waals surface area contributed by atoms with Gasteiger partial charge in [-0.05, 0) is 33.8 Å². The third-order valence-electron chi connectivity index (χ3n) is 2.05. The molecule has 1 aromatic heterocycles. The predicted molar refractivity (Wildman–Crippen MR) is 63.2 cm³/mol. The number of aromatic nitrogens is 1. The molecule has 2 rings (SSSR count). The van der Waals surface area contributed by atoms with Crippen molar-refractivity contribution in [3.8, 4) is 0 Å². The summed E-state index contributed by atoms with van der Waals surface area (Å²) in [6.45, 7) is 0. The largest absolute Gasteiger partial charge is 0.360 e. The molecule has 1 N–H and O–H groups in total. The molecule has 1 aromatic carbocycles. The molecular weight excluding hydrogens is 246 g/mol. The van der Waals surface area contributed by atoms with Gasteiger partial charge in [-0.3, -0.25) is 0 Å². The Bertz CT molecular complexity index is 422. The van der Waals surface area contributed by atoms with E-state index >= 15 is 0 Å². The number of aromatic amines is 1. The molecule has 0 saturated carbocycles. The quantitative estimate of drug-likeness (QED) is 0.864. The second kappa shape index (κ2) is 3.76. The summed E-state index contributed by atoms with van der Waals surface area (Å²) in [6, 6.07) is 6.29. The summed E-state index contributed by atoms with van der Waals surface area (Å²) < 4.78 is 1.14. The van der Waals surface area contributed by atoms with Crippen LogP contribution in [0.4, 0.5) is 0 Å². The van der Waals surface area contributed by atoms with E-state index in [2.05, 4.69) is 51.6 Å². The Morgan fingerprint density at radius 1 is 1.46 bits per heavy atom. The number of fused-ring (bicyclic) bond motifs is 1. The average molecular weight is 256 g/mol. The maximum atomic E-state index is 3.52. The summed E-state index contributed by atoms with van der Waals surface area (Å²) in [5.41, 5.74) is 2.58. The summed E-state index contributed by atoms with van der Waals surface area (Å²) in [5, 5.41) is 1.32. The Labute approximate surface area is 90.0 Å². The molecule has 2 aromatic rings. The Kier molecular flexibility index (Phi) is 2.65. The van der Waals surface area contributed by atoms with Crippen LogP contribution in [-0.2, 0) is 5.75 Å². The molecule has 1 nitrogen and oxygen atoms in total. The Hall–Kier alpha value is -0.410. The van der Waals surface area contributed by atoms with E-state index in [9.17, 15) is 0 Å². The molecule has 0 unspecified atom stereocenters. The average Bonchev–Trinajstić information content (AvgIpc) is 2.51. The van der Waals surface area contributed by atoms with Gasteiger partial charge in [-0.25, -0.2) is 0 Å². The lowest BCUT2D eigenvalue weighted by Crippen LogP contribution is -1.75. The molecule has 0 amide bonds. The smallest absolute Gasteiger partial charge is 0.0601 e. The number of benzene rings is 1. The van der Waals surface area contributed by atoms with Crippen LogP contribution >= 0.6 is 27.7 Å². The van der Waals surface area contributed by atoms with Crippen LogP contribution in [0.25, 0.3) is 10.9 Å². The highest BCUT2D eigenvalue weighted by molar-refractivity contribution is 9.10. The van der Waals surface area contributed by atoms with Crippen molar-refractivity contribution in [1.29, 1.82) is 0 Å². The predicted octanol–water partition coefficient (Wildman–Crippen LogP) is 3.79. The number of halogens is 1. The van der Waals surface area contributed by atoms with Gasteiger partial charge in [0.25, 0.3) is 0 Å². The summed E-state index contributed by atoms with van der Waals surface area (Å²) in [4.78, 5) is 3.28. The molecule has 0 spiro atoms. The van der Waals surface area contributed by atoms with Crippen LogP contribution in [0.3, 0.4) is 0 Å². The zero-order chi connectivity index (χ0) is 9.26. The van der Waals surface area contributed by atoms with E-state index in [0.29, 0.717) is 0 Å². The van der Waals surface area contributed by atoms with Crippen molar-refractivity contribution in [2.75, 3.05) is 6.26 Å². The van der Waals surface area contributed by atoms with Crippen LogP contribution in [-0.4, -0.2) is 11.2 Å². The van der Waals surface area contributed by atoms with Gasteiger partial charge in [-0.2, -0.15) is 11.8 Å². The lowest BCUT2D eigenvalue weighted by molar-refractivity contribution is 1.40. The zero-order valence-corrected chi connectivity index (χ0v) is 9.71. The molecule has 0 aliphatic heterocycles. The highest BCUT2D eigenvalue weighted by Gasteiger charge is 2.04. The van der Waals surface area contributed by atoms with Crippen LogP contribution in [0.2, 0.25) is 0 Å². The van der Waals surface area contributed by atoms with Gasteiger partial charge < -0.3 is 4.98 Å². The van der Waals surface area contributed by atoms with Gasteiger partial charge in [-0.15, -0.1) is 0 Å². The van der Waals surface area contributed by atoms with E-state index in [4.69, 9.17) is 0 Å². The number of para-hydroxylation sites is 1. The van der Waals surface area contributed by atoms with Gasteiger partial charge >= 0.3 is 0 Å². The number of thioether (sulfide) groups is 1. The molecule has 3 heteroatoms. The first-order chi connectivity index (χ1) is 6.33. The fourth-order valence-corrected chi connectivity index (χ4v) is 2.48. The first-order valence-electron chi connectivity index (χ1n) is 4.06. The van der Waals surface area contributed by atoms with E-state index in [1.54, 1.807) is 0 Å². The molecular formula is C10H10BrNS. The van der Waals surface area contributed by atoms with Gasteiger partial charge in [0.1, 0.15) is 0 Å². The molecule has 0 atom stereocenters. The van der Waals surface area contributed by atoms with Crippen molar-refractivity contribution in [3.05, 3.63) is 34.4 Å². The SMILES string of the molecule is CSCc1c[nH]c2c(Br)cccc12. The standard InChI is InChI=1S/C10H10BrNS/c1-13-6-7-5-12-10-8(7)3-2-4-9(10)11/h2-5,12H,6H2,1H3. The maximum absolute atomic E-state index is 3.52. The number of H-pyrrole nitrogens is 1. The van der Waals surface area contributed by atoms with Gasteiger partial charge in [0.2, 0.25) is 0 Å². The van der Waals surface area contributed by atoms with Crippen molar-refractivity contribution in [2.24, 2.45) is 0 Å². The summed E-state index contributed by atoms with van der Waals surface area (Å²) >= 11 is 5.37. The molecule has 0 aliphatic carbocycles. The van der Waals surface area contributed by atoms with Crippen molar-refractivity contribution >= 4 is 38.6 Å². The van der Waals surface area contributed by atoms with Crippen LogP contribution < -0.4 is 0 Å². The van der Waals surface area contributed by atoms with E-state index in [1.807, 2.05) is 11.8 Å². The van der Waals surface area contributed by atoms with E-state index < -0.39 is 0 Å². The van der Waals surface area contributed by atoms with Crippen LogP contribution in [0.15, 0.2) is 28.9 Å². The second-order valence-electron chi connectivity index (χ2n) is 2.91. The van der Waals surface area contributed by atoms with Crippen LogP contribution in [0, 0.1) is 0 Å². The van der Waals surface area contributed by atoms with Crippen LogP contribution in [0.1, 0.15) is 5.56 Å². The summed E-state index contributed by atoms with van der Waals surface area (Å²) in [7, 11) is 0. The van der Waals surface area contributed by atoms with E-state index in [-0.39, 0.29) is 0 Å². The molecule has 1 heterocycles. The van der Waals surface area contributed by atoms with Crippen LogP contribution in [0.5, 0.6) is 0 Å². The molecule has 0 saturated heterocycles. The van der Waals surface area contributed by atoms with Gasteiger partial charge in [0, 0.05) is 21.8 Å². The first kappa shape index (κ1) is 9.16. The number of nitrogens with one attached hydrogen (secondary N) is 1. The lowest BCUT2D eigenvalue weighted by atomic mass is 10.2. The van der Waals surface area contributed by atoms with Crippen molar-refractivity contribution in [3.63, 3.8) is 0 Å². The molecule has 13 heavy (non-hydrogen) atoms. The Morgan fingerprint density at radius 2 is 2.31 bits per heavy atom. The fraction of sp³-hybridized carbons (Fsp3) is 0.200. The highest BCUT2D eigenvalue weighted by atomic mass is 79.9. The third-order valence-corrected chi connectivity index (χ3v) is 3.31. The minimum Gasteiger partial charge on any atom is -0.360 e. The third kappa shape index (κ3) is 1.63. The maximum Gasteiger partial charge on any atom is 0.0601 e. The topological polar surface area (TPSA) is 15.8 Å². The van der Waals surface area contributed by atoms with Gasteiger partial charge in [0.15, 0.2) is 0 Å². The lowest BCUT2D eigenvalue weighted by Gasteiger charge is -1.96.